The molecule has 0 amide bonds. The average molecular weight is 243 g/mol. The quantitative estimate of drug-likeness (QED) is 0.653. The molecule has 1 heterocycles. The summed E-state index contributed by atoms with van der Waals surface area (Å²) in [6, 6.07) is -0.155. The maximum absolute atomic E-state index is 11.5. The van der Waals surface area contributed by atoms with Gasteiger partial charge in [-0.1, -0.05) is 0 Å². The topological polar surface area (TPSA) is 44.8 Å². The average Bonchev–Trinajstić information content (AvgIpc) is 2.36. The summed E-state index contributed by atoms with van der Waals surface area (Å²) in [5.41, 5.74) is 0. The van der Waals surface area contributed by atoms with Crippen LogP contribution in [0, 0.1) is 0 Å². The van der Waals surface area contributed by atoms with Crippen LogP contribution in [0.5, 0.6) is 0 Å². The van der Waals surface area contributed by atoms with Gasteiger partial charge in [0.05, 0.1) is 6.61 Å². The molecule has 0 aromatic heterocycles. The molecule has 1 N–H and O–H groups in total. The van der Waals surface area contributed by atoms with Gasteiger partial charge in [-0.15, -0.1) is 0 Å². The van der Waals surface area contributed by atoms with E-state index in [4.69, 9.17) is 4.74 Å². The van der Waals surface area contributed by atoms with Gasteiger partial charge in [0.2, 0.25) is 0 Å². The fourth-order valence-corrected chi connectivity index (χ4v) is 1.87. The van der Waals surface area contributed by atoms with Crippen LogP contribution in [-0.2, 0) is 9.53 Å². The van der Waals surface area contributed by atoms with Crippen molar-refractivity contribution in [1.29, 1.82) is 0 Å². The first-order valence-corrected chi connectivity index (χ1v) is 6.45. The molecule has 0 bridgehead atoms. The van der Waals surface area contributed by atoms with E-state index in [2.05, 4.69) is 15.1 Å². The molecule has 0 spiro atoms. The predicted octanol–water partition coefficient (Wildman–Crippen LogP) is -0.225. The van der Waals surface area contributed by atoms with Crippen LogP contribution in [0.1, 0.15) is 13.8 Å². The van der Waals surface area contributed by atoms with E-state index in [1.807, 2.05) is 20.9 Å². The normalized spacial score (nSPS) is 19.3. The molecular formula is C12H25N3O2. The number of nitrogens with zero attached hydrogens (tertiary/aromatic N) is 2. The van der Waals surface area contributed by atoms with Gasteiger partial charge in [-0.3, -0.25) is 14.6 Å². The highest BCUT2D eigenvalue weighted by Crippen LogP contribution is 2.00. The van der Waals surface area contributed by atoms with Crippen molar-refractivity contribution < 1.29 is 9.53 Å². The first-order valence-electron chi connectivity index (χ1n) is 6.45. The molecule has 5 heteroatoms. The lowest BCUT2D eigenvalue weighted by molar-refractivity contribution is -0.148. The molecule has 1 saturated heterocycles. The van der Waals surface area contributed by atoms with E-state index in [9.17, 15) is 4.79 Å². The van der Waals surface area contributed by atoms with Gasteiger partial charge < -0.3 is 10.1 Å². The van der Waals surface area contributed by atoms with E-state index >= 15 is 0 Å². The summed E-state index contributed by atoms with van der Waals surface area (Å²) in [6.45, 7) is 10.4. The Bertz CT molecular complexity index is 230. The van der Waals surface area contributed by atoms with E-state index in [1.165, 1.54) is 0 Å². The molecule has 1 aliphatic rings. The van der Waals surface area contributed by atoms with Crippen LogP contribution < -0.4 is 5.32 Å². The highest BCUT2D eigenvalue weighted by atomic mass is 16.5. The summed E-state index contributed by atoms with van der Waals surface area (Å²) in [4.78, 5) is 16.0. The summed E-state index contributed by atoms with van der Waals surface area (Å²) in [6.07, 6.45) is 0. The SMILES string of the molecule is CCOC(=O)C(C)N(C)CCN1CCNCC1. The van der Waals surface area contributed by atoms with Crippen molar-refractivity contribution in [3.05, 3.63) is 0 Å². The van der Waals surface area contributed by atoms with E-state index in [-0.39, 0.29) is 12.0 Å². The second-order valence-electron chi connectivity index (χ2n) is 4.50. The van der Waals surface area contributed by atoms with Gasteiger partial charge in [-0.25, -0.2) is 0 Å². The molecule has 100 valence electrons. The van der Waals surface area contributed by atoms with E-state index in [0.29, 0.717) is 6.61 Å². The van der Waals surface area contributed by atoms with E-state index < -0.39 is 0 Å². The number of hydrogen-bond acceptors (Lipinski definition) is 5. The van der Waals surface area contributed by atoms with Gasteiger partial charge in [0.25, 0.3) is 0 Å². The van der Waals surface area contributed by atoms with Gasteiger partial charge in [-0.05, 0) is 20.9 Å². The Labute approximate surface area is 104 Å². The van der Waals surface area contributed by atoms with Crippen LogP contribution in [-0.4, -0.2) is 74.7 Å². The Morgan fingerprint density at radius 1 is 1.47 bits per heavy atom. The third kappa shape index (κ3) is 5.02. The lowest BCUT2D eigenvalue weighted by atomic mass is 10.3. The largest absolute Gasteiger partial charge is 0.465 e. The van der Waals surface area contributed by atoms with E-state index in [1.54, 1.807) is 0 Å². The number of piperazine rings is 1. The number of nitrogens with one attached hydrogen (secondary N) is 1. The number of ether oxygens (including phenoxy) is 1. The Balaban J connectivity index is 2.22. The number of hydrogen-bond donors (Lipinski definition) is 1. The monoisotopic (exact) mass is 243 g/mol. The van der Waals surface area contributed by atoms with Crippen molar-refractivity contribution in [3.8, 4) is 0 Å². The maximum atomic E-state index is 11.5. The molecule has 0 aromatic rings. The molecule has 5 nitrogen and oxygen atoms in total. The molecular weight excluding hydrogens is 218 g/mol. The van der Waals surface area contributed by atoms with Crippen molar-refractivity contribution in [2.75, 3.05) is 52.9 Å². The fraction of sp³-hybridized carbons (Fsp3) is 0.917. The maximum Gasteiger partial charge on any atom is 0.323 e. The van der Waals surface area contributed by atoms with Crippen LogP contribution in [0.3, 0.4) is 0 Å². The van der Waals surface area contributed by atoms with Crippen LogP contribution in [0.25, 0.3) is 0 Å². The van der Waals surface area contributed by atoms with Crippen LogP contribution in [0.4, 0.5) is 0 Å². The van der Waals surface area contributed by atoms with Gasteiger partial charge in [0, 0.05) is 39.3 Å². The standard InChI is InChI=1S/C12H25N3O2/c1-4-17-12(16)11(2)14(3)9-10-15-7-5-13-6-8-15/h11,13H,4-10H2,1-3H3. The zero-order chi connectivity index (χ0) is 12.7. The van der Waals surface area contributed by atoms with E-state index in [0.717, 1.165) is 39.3 Å². The Morgan fingerprint density at radius 2 is 2.12 bits per heavy atom. The van der Waals surface area contributed by atoms with Gasteiger partial charge >= 0.3 is 5.97 Å². The molecule has 1 rings (SSSR count). The highest BCUT2D eigenvalue weighted by Gasteiger charge is 2.19. The second-order valence-corrected chi connectivity index (χ2v) is 4.50. The number of esters is 1. The minimum Gasteiger partial charge on any atom is -0.465 e. The minimum absolute atomic E-state index is 0.129. The van der Waals surface area contributed by atoms with Crippen molar-refractivity contribution >= 4 is 5.97 Å². The zero-order valence-electron chi connectivity index (χ0n) is 11.2. The Kier molecular flexibility index (Phi) is 6.47. The van der Waals surface area contributed by atoms with Crippen molar-refractivity contribution in [2.24, 2.45) is 0 Å². The van der Waals surface area contributed by atoms with Crippen LogP contribution in [0.2, 0.25) is 0 Å². The van der Waals surface area contributed by atoms with Gasteiger partial charge in [0.15, 0.2) is 0 Å². The van der Waals surface area contributed by atoms with Gasteiger partial charge in [0.1, 0.15) is 6.04 Å². The van der Waals surface area contributed by atoms with Crippen LogP contribution in [0.15, 0.2) is 0 Å². The first kappa shape index (κ1) is 14.4. The highest BCUT2D eigenvalue weighted by molar-refractivity contribution is 5.75. The van der Waals surface area contributed by atoms with Crippen molar-refractivity contribution in [3.63, 3.8) is 0 Å². The lowest BCUT2D eigenvalue weighted by Gasteiger charge is -2.30. The lowest BCUT2D eigenvalue weighted by Crippen LogP contribution is -2.47. The summed E-state index contributed by atoms with van der Waals surface area (Å²) in [5.74, 6) is -0.129. The number of carbonyl (C=O) groups is 1. The molecule has 0 radical (unpaired) electrons. The Morgan fingerprint density at radius 3 is 2.71 bits per heavy atom. The third-order valence-corrected chi connectivity index (χ3v) is 3.27. The molecule has 0 saturated carbocycles. The zero-order valence-corrected chi connectivity index (χ0v) is 11.2. The second kappa shape index (κ2) is 7.63. The summed E-state index contributed by atoms with van der Waals surface area (Å²) in [5, 5.41) is 3.33. The summed E-state index contributed by atoms with van der Waals surface area (Å²) < 4.78 is 5.01. The number of likely N-dealkylation sites (N-methyl/N-ethyl adjacent to an activating group) is 1. The molecule has 0 aliphatic carbocycles. The van der Waals surface area contributed by atoms with Crippen LogP contribution >= 0.6 is 0 Å². The predicted molar refractivity (Wildman–Crippen MR) is 68.0 cm³/mol. The van der Waals surface area contributed by atoms with Crippen molar-refractivity contribution in [1.82, 2.24) is 15.1 Å². The number of carbonyl (C=O) groups excluding carboxylic acids is 1. The van der Waals surface area contributed by atoms with Crippen molar-refractivity contribution in [2.45, 2.75) is 19.9 Å². The molecule has 17 heavy (non-hydrogen) atoms. The Hall–Kier alpha value is -0.650. The fourth-order valence-electron chi connectivity index (χ4n) is 1.87. The molecule has 1 atom stereocenters. The molecule has 1 unspecified atom stereocenters. The smallest absolute Gasteiger partial charge is 0.323 e. The number of rotatable bonds is 6. The summed E-state index contributed by atoms with van der Waals surface area (Å²) >= 11 is 0. The van der Waals surface area contributed by atoms with Gasteiger partial charge in [-0.2, -0.15) is 0 Å². The first-order chi connectivity index (χ1) is 8.15. The third-order valence-electron chi connectivity index (χ3n) is 3.27. The minimum atomic E-state index is -0.155. The molecule has 0 aromatic carbocycles. The molecule has 1 aliphatic heterocycles. The molecule has 1 fully saturated rings. The summed E-state index contributed by atoms with van der Waals surface area (Å²) in [7, 11) is 1.98.